The minimum atomic E-state index is -0.603. The van der Waals surface area contributed by atoms with Crippen LogP contribution >= 0.6 is 11.3 Å². The molecule has 1 aromatic rings. The summed E-state index contributed by atoms with van der Waals surface area (Å²) < 4.78 is 0. The molecule has 0 saturated heterocycles. The lowest BCUT2D eigenvalue weighted by atomic mass is 9.88. The molecule has 0 aromatic carbocycles. The van der Waals surface area contributed by atoms with E-state index in [9.17, 15) is 9.90 Å². The molecule has 2 atom stereocenters. The molecule has 0 saturated carbocycles. The first-order valence-electron chi connectivity index (χ1n) is 6.91. The number of thiophene rings is 1. The van der Waals surface area contributed by atoms with Crippen LogP contribution in [0.4, 0.5) is 0 Å². The molecule has 0 fully saturated rings. The quantitative estimate of drug-likeness (QED) is 0.895. The van der Waals surface area contributed by atoms with Crippen LogP contribution in [0.2, 0.25) is 0 Å². The second kappa shape index (κ2) is 5.25. The number of rotatable bonds is 3. The van der Waals surface area contributed by atoms with Gasteiger partial charge in [0.15, 0.2) is 0 Å². The highest BCUT2D eigenvalue weighted by Crippen LogP contribution is 2.33. The van der Waals surface area contributed by atoms with Gasteiger partial charge >= 0.3 is 0 Å². The van der Waals surface area contributed by atoms with Crippen molar-refractivity contribution in [3.05, 3.63) is 21.4 Å². The van der Waals surface area contributed by atoms with E-state index < -0.39 is 11.6 Å². The predicted octanol–water partition coefficient (Wildman–Crippen LogP) is 2.76. The zero-order valence-electron chi connectivity index (χ0n) is 12.1. The topological polar surface area (TPSA) is 49.3 Å². The molecular weight excluding hydrogens is 258 g/mol. The largest absolute Gasteiger partial charge is 0.391 e. The van der Waals surface area contributed by atoms with Gasteiger partial charge in [-0.15, -0.1) is 11.3 Å². The van der Waals surface area contributed by atoms with E-state index in [0.29, 0.717) is 0 Å². The number of hydrogen-bond donors (Lipinski definition) is 2. The van der Waals surface area contributed by atoms with Gasteiger partial charge in [0.2, 0.25) is 0 Å². The van der Waals surface area contributed by atoms with Gasteiger partial charge in [0.05, 0.1) is 17.2 Å². The number of hydrogen-bond acceptors (Lipinski definition) is 3. The van der Waals surface area contributed by atoms with Crippen molar-refractivity contribution in [2.24, 2.45) is 5.92 Å². The fourth-order valence-corrected chi connectivity index (χ4v) is 3.58. The number of fused-ring (bicyclic) bond motifs is 1. The number of amides is 1. The van der Waals surface area contributed by atoms with Crippen LogP contribution in [0, 0.1) is 5.92 Å². The summed E-state index contributed by atoms with van der Waals surface area (Å²) in [6.45, 7) is 7.65. The van der Waals surface area contributed by atoms with Crippen molar-refractivity contribution < 1.29 is 9.90 Å². The summed E-state index contributed by atoms with van der Waals surface area (Å²) in [6.07, 6.45) is 2.67. The van der Waals surface area contributed by atoms with Crippen molar-refractivity contribution in [2.75, 3.05) is 0 Å². The number of aliphatic hydroxyl groups excluding tert-OH is 1. The van der Waals surface area contributed by atoms with Crippen molar-refractivity contribution in [2.45, 2.75) is 58.6 Å². The molecule has 1 aliphatic carbocycles. The van der Waals surface area contributed by atoms with E-state index in [-0.39, 0.29) is 5.91 Å². The predicted molar refractivity (Wildman–Crippen MR) is 78.7 cm³/mol. The van der Waals surface area contributed by atoms with Crippen molar-refractivity contribution >= 4 is 17.2 Å². The van der Waals surface area contributed by atoms with Crippen LogP contribution < -0.4 is 5.32 Å². The molecule has 1 amide bonds. The van der Waals surface area contributed by atoms with Crippen LogP contribution in [-0.4, -0.2) is 22.7 Å². The van der Waals surface area contributed by atoms with E-state index in [0.717, 1.165) is 30.7 Å². The van der Waals surface area contributed by atoms with E-state index in [2.05, 4.69) is 12.2 Å². The Balaban J connectivity index is 2.17. The van der Waals surface area contributed by atoms with Gasteiger partial charge in [-0.3, -0.25) is 4.79 Å². The van der Waals surface area contributed by atoms with Gasteiger partial charge in [0.25, 0.3) is 5.91 Å². The molecule has 0 aliphatic heterocycles. The third-order valence-corrected chi connectivity index (χ3v) is 5.18. The first-order valence-corrected chi connectivity index (χ1v) is 7.79. The third kappa shape index (κ3) is 3.00. The maximum Gasteiger partial charge on any atom is 0.252 e. The highest BCUT2D eigenvalue weighted by atomic mass is 32.1. The van der Waals surface area contributed by atoms with E-state index in [1.807, 2.05) is 19.2 Å². The van der Waals surface area contributed by atoms with E-state index in [1.165, 1.54) is 10.4 Å². The molecule has 2 rings (SSSR count). The normalized spacial score (nSPS) is 20.8. The number of carbonyl (C=O) groups is 1. The van der Waals surface area contributed by atoms with Gasteiger partial charge < -0.3 is 10.4 Å². The summed E-state index contributed by atoms with van der Waals surface area (Å²) in [6, 6.07) is 0. The highest BCUT2D eigenvalue weighted by molar-refractivity contribution is 7.10. The van der Waals surface area contributed by atoms with Crippen LogP contribution in [0.1, 0.15) is 54.9 Å². The fraction of sp³-hybridized carbons (Fsp3) is 0.667. The molecule has 0 bridgehead atoms. The van der Waals surface area contributed by atoms with Gasteiger partial charge in [-0.05, 0) is 51.5 Å². The molecule has 3 nitrogen and oxygen atoms in total. The number of carbonyl (C=O) groups excluding carboxylic acids is 1. The lowest BCUT2D eigenvalue weighted by Crippen LogP contribution is -2.51. The molecule has 0 radical (unpaired) electrons. The first kappa shape index (κ1) is 14.5. The Morgan fingerprint density at radius 3 is 2.89 bits per heavy atom. The minimum Gasteiger partial charge on any atom is -0.391 e. The molecule has 2 N–H and O–H groups in total. The highest BCUT2D eigenvalue weighted by Gasteiger charge is 2.29. The van der Waals surface area contributed by atoms with Crippen molar-refractivity contribution in [1.82, 2.24) is 5.32 Å². The Morgan fingerprint density at radius 1 is 1.58 bits per heavy atom. The fourth-order valence-electron chi connectivity index (χ4n) is 2.33. The molecule has 106 valence electrons. The molecule has 0 spiro atoms. The lowest BCUT2D eigenvalue weighted by Gasteiger charge is -2.29. The Labute approximate surface area is 119 Å². The molecule has 1 aliphatic rings. The number of nitrogens with one attached hydrogen (secondary N) is 1. The molecule has 1 heterocycles. The van der Waals surface area contributed by atoms with Crippen LogP contribution in [0.3, 0.4) is 0 Å². The maximum atomic E-state index is 12.4. The van der Waals surface area contributed by atoms with E-state index in [4.69, 9.17) is 0 Å². The smallest absolute Gasteiger partial charge is 0.252 e. The molecule has 2 unspecified atom stereocenters. The average molecular weight is 281 g/mol. The minimum absolute atomic E-state index is 0.0575. The summed E-state index contributed by atoms with van der Waals surface area (Å²) in [5, 5.41) is 14.6. The van der Waals surface area contributed by atoms with Crippen molar-refractivity contribution in [1.29, 1.82) is 0 Å². The van der Waals surface area contributed by atoms with Crippen LogP contribution in [0.5, 0.6) is 0 Å². The third-order valence-electron chi connectivity index (χ3n) is 4.13. The standard InChI is InChI=1S/C15H23NO2S/c1-9-5-6-11-12(8-19-13(11)7-9)14(18)16-15(3,4)10(2)17/h8-10,17H,5-7H2,1-4H3,(H,16,18). The molecule has 19 heavy (non-hydrogen) atoms. The van der Waals surface area contributed by atoms with Gasteiger partial charge in [-0.1, -0.05) is 6.92 Å². The van der Waals surface area contributed by atoms with E-state index >= 15 is 0 Å². The molecule has 1 aromatic heterocycles. The van der Waals surface area contributed by atoms with E-state index in [1.54, 1.807) is 18.3 Å². The summed E-state index contributed by atoms with van der Waals surface area (Å²) >= 11 is 1.70. The Morgan fingerprint density at radius 2 is 2.26 bits per heavy atom. The SMILES string of the molecule is CC1CCc2c(C(=O)NC(C)(C)C(C)O)csc2C1. The van der Waals surface area contributed by atoms with Crippen molar-refractivity contribution in [3.63, 3.8) is 0 Å². The summed E-state index contributed by atoms with van der Waals surface area (Å²) in [5.41, 5.74) is 1.43. The van der Waals surface area contributed by atoms with Gasteiger partial charge in [0, 0.05) is 10.3 Å². The maximum absolute atomic E-state index is 12.4. The van der Waals surface area contributed by atoms with Crippen molar-refractivity contribution in [3.8, 4) is 0 Å². The average Bonchev–Trinajstić information content (AvgIpc) is 2.70. The van der Waals surface area contributed by atoms with Gasteiger partial charge in [0.1, 0.15) is 0 Å². The lowest BCUT2D eigenvalue weighted by molar-refractivity contribution is 0.0709. The van der Waals surface area contributed by atoms with Crippen LogP contribution in [-0.2, 0) is 12.8 Å². The molecule has 4 heteroatoms. The Hall–Kier alpha value is -0.870. The second-order valence-corrected chi connectivity index (χ2v) is 7.22. The zero-order chi connectivity index (χ0) is 14.2. The Bertz CT molecular complexity index is 476. The van der Waals surface area contributed by atoms with Crippen LogP contribution in [0.25, 0.3) is 0 Å². The van der Waals surface area contributed by atoms with Gasteiger partial charge in [-0.2, -0.15) is 0 Å². The Kier molecular flexibility index (Phi) is 4.02. The zero-order valence-corrected chi connectivity index (χ0v) is 12.9. The first-order chi connectivity index (χ1) is 8.81. The second-order valence-electron chi connectivity index (χ2n) is 6.25. The van der Waals surface area contributed by atoms with Gasteiger partial charge in [-0.25, -0.2) is 0 Å². The molecular formula is C15H23NO2S. The summed E-state index contributed by atoms with van der Waals surface area (Å²) in [4.78, 5) is 13.7. The number of aliphatic hydroxyl groups is 1. The van der Waals surface area contributed by atoms with Crippen LogP contribution in [0.15, 0.2) is 5.38 Å². The monoisotopic (exact) mass is 281 g/mol. The summed E-state index contributed by atoms with van der Waals surface area (Å²) in [7, 11) is 0. The summed E-state index contributed by atoms with van der Waals surface area (Å²) in [5.74, 6) is 0.661.